The Morgan fingerprint density at radius 3 is 2.93 bits per heavy atom. The Morgan fingerprint density at radius 2 is 2.36 bits per heavy atom. The lowest BCUT2D eigenvalue weighted by Crippen LogP contribution is -2.26. The zero-order valence-corrected chi connectivity index (χ0v) is 9.54. The van der Waals surface area contributed by atoms with Crippen LogP contribution in [0.4, 0.5) is 0 Å². The van der Waals surface area contributed by atoms with Gasteiger partial charge in [-0.05, 0) is 41.9 Å². The van der Waals surface area contributed by atoms with Crippen LogP contribution in [0.25, 0.3) is 0 Å². The SMILES string of the molecule is CC(C)ONC(=O)c1ccnc(Br)c1. The minimum absolute atomic E-state index is 0.0378. The maximum absolute atomic E-state index is 11.4. The van der Waals surface area contributed by atoms with E-state index in [0.29, 0.717) is 10.2 Å². The van der Waals surface area contributed by atoms with Gasteiger partial charge in [-0.25, -0.2) is 10.5 Å². The van der Waals surface area contributed by atoms with Crippen molar-refractivity contribution in [1.29, 1.82) is 0 Å². The highest BCUT2D eigenvalue weighted by atomic mass is 79.9. The molecule has 0 saturated heterocycles. The molecule has 0 aromatic carbocycles. The van der Waals surface area contributed by atoms with Gasteiger partial charge in [0.2, 0.25) is 0 Å². The predicted octanol–water partition coefficient (Wildman–Crippen LogP) is 1.91. The molecule has 1 rings (SSSR count). The fourth-order valence-electron chi connectivity index (χ4n) is 0.774. The lowest BCUT2D eigenvalue weighted by atomic mass is 10.3. The second-order valence-corrected chi connectivity index (χ2v) is 3.78. The van der Waals surface area contributed by atoms with Crippen LogP contribution in [0.3, 0.4) is 0 Å². The van der Waals surface area contributed by atoms with Crippen molar-refractivity contribution in [2.75, 3.05) is 0 Å². The number of nitrogens with zero attached hydrogens (tertiary/aromatic N) is 1. The second kappa shape index (κ2) is 5.07. The Labute approximate surface area is 90.8 Å². The third-order valence-electron chi connectivity index (χ3n) is 1.38. The van der Waals surface area contributed by atoms with E-state index in [1.165, 1.54) is 0 Å². The molecule has 1 aromatic heterocycles. The molecule has 14 heavy (non-hydrogen) atoms. The minimum Gasteiger partial charge on any atom is -0.271 e. The topological polar surface area (TPSA) is 51.2 Å². The first-order valence-electron chi connectivity index (χ1n) is 4.17. The van der Waals surface area contributed by atoms with Gasteiger partial charge in [-0.2, -0.15) is 0 Å². The summed E-state index contributed by atoms with van der Waals surface area (Å²) >= 11 is 3.18. The molecule has 76 valence electrons. The summed E-state index contributed by atoms with van der Waals surface area (Å²) in [6, 6.07) is 3.24. The molecule has 1 amide bonds. The third-order valence-corrected chi connectivity index (χ3v) is 1.81. The van der Waals surface area contributed by atoms with E-state index in [4.69, 9.17) is 4.84 Å². The van der Waals surface area contributed by atoms with Crippen molar-refractivity contribution in [3.8, 4) is 0 Å². The molecule has 0 aliphatic rings. The first kappa shape index (κ1) is 11.1. The van der Waals surface area contributed by atoms with E-state index in [9.17, 15) is 4.79 Å². The lowest BCUT2D eigenvalue weighted by molar-refractivity contribution is 0.000179. The van der Waals surface area contributed by atoms with Crippen molar-refractivity contribution >= 4 is 21.8 Å². The van der Waals surface area contributed by atoms with Gasteiger partial charge in [0.1, 0.15) is 4.60 Å². The van der Waals surface area contributed by atoms with Crippen molar-refractivity contribution in [2.24, 2.45) is 0 Å². The largest absolute Gasteiger partial charge is 0.274 e. The van der Waals surface area contributed by atoms with E-state index in [2.05, 4.69) is 26.4 Å². The van der Waals surface area contributed by atoms with Gasteiger partial charge in [0.05, 0.1) is 6.10 Å². The highest BCUT2D eigenvalue weighted by molar-refractivity contribution is 9.10. The lowest BCUT2D eigenvalue weighted by Gasteiger charge is -2.08. The Kier molecular flexibility index (Phi) is 4.03. The maximum atomic E-state index is 11.4. The fraction of sp³-hybridized carbons (Fsp3) is 0.333. The number of pyridine rings is 1. The Morgan fingerprint density at radius 1 is 1.64 bits per heavy atom. The first-order chi connectivity index (χ1) is 6.59. The molecular formula is C9H11BrN2O2. The number of carbonyl (C=O) groups is 1. The molecule has 4 nitrogen and oxygen atoms in total. The van der Waals surface area contributed by atoms with E-state index in [1.54, 1.807) is 18.3 Å². The number of rotatable bonds is 3. The van der Waals surface area contributed by atoms with Crippen LogP contribution in [0.15, 0.2) is 22.9 Å². The Hall–Kier alpha value is -0.940. The van der Waals surface area contributed by atoms with E-state index in [0.717, 1.165) is 0 Å². The van der Waals surface area contributed by atoms with E-state index >= 15 is 0 Å². The van der Waals surface area contributed by atoms with Crippen molar-refractivity contribution < 1.29 is 9.63 Å². The molecule has 0 aliphatic heterocycles. The number of nitrogens with one attached hydrogen (secondary N) is 1. The average molecular weight is 259 g/mol. The third kappa shape index (κ3) is 3.43. The quantitative estimate of drug-likeness (QED) is 0.666. The molecule has 0 aliphatic carbocycles. The van der Waals surface area contributed by atoms with Crippen molar-refractivity contribution in [1.82, 2.24) is 10.5 Å². The molecule has 0 saturated carbocycles. The van der Waals surface area contributed by atoms with Crippen LogP contribution in [-0.4, -0.2) is 17.0 Å². The van der Waals surface area contributed by atoms with Crippen molar-refractivity contribution in [3.05, 3.63) is 28.5 Å². The number of amides is 1. The van der Waals surface area contributed by atoms with Gasteiger partial charge in [0.15, 0.2) is 0 Å². The minimum atomic E-state index is -0.276. The van der Waals surface area contributed by atoms with Crippen LogP contribution < -0.4 is 5.48 Å². The summed E-state index contributed by atoms with van der Waals surface area (Å²) in [7, 11) is 0. The van der Waals surface area contributed by atoms with Crippen molar-refractivity contribution in [2.45, 2.75) is 20.0 Å². The zero-order chi connectivity index (χ0) is 10.6. The number of hydroxylamine groups is 1. The molecule has 0 fully saturated rings. The normalized spacial score (nSPS) is 10.3. The molecule has 1 aromatic rings. The summed E-state index contributed by atoms with van der Waals surface area (Å²) in [6.07, 6.45) is 1.51. The molecule has 0 atom stereocenters. The van der Waals surface area contributed by atoms with E-state index in [1.807, 2.05) is 13.8 Å². The summed E-state index contributed by atoms with van der Waals surface area (Å²) in [4.78, 5) is 20.3. The van der Waals surface area contributed by atoms with Crippen LogP contribution >= 0.6 is 15.9 Å². The molecule has 0 spiro atoms. The summed E-state index contributed by atoms with van der Waals surface area (Å²) in [5.41, 5.74) is 2.85. The van der Waals surface area contributed by atoms with Crippen LogP contribution in [0.1, 0.15) is 24.2 Å². The van der Waals surface area contributed by atoms with Crippen LogP contribution in [-0.2, 0) is 4.84 Å². The maximum Gasteiger partial charge on any atom is 0.274 e. The Bertz CT molecular complexity index is 328. The number of aromatic nitrogens is 1. The first-order valence-corrected chi connectivity index (χ1v) is 4.96. The highest BCUT2D eigenvalue weighted by Gasteiger charge is 2.06. The molecule has 0 radical (unpaired) electrons. The molecule has 0 unspecified atom stereocenters. The summed E-state index contributed by atoms with van der Waals surface area (Å²) in [5.74, 6) is -0.276. The van der Waals surface area contributed by atoms with Crippen LogP contribution in [0.2, 0.25) is 0 Å². The average Bonchev–Trinajstić information content (AvgIpc) is 2.14. The van der Waals surface area contributed by atoms with Gasteiger partial charge in [0.25, 0.3) is 5.91 Å². The summed E-state index contributed by atoms with van der Waals surface area (Å²) in [5, 5.41) is 0. The van der Waals surface area contributed by atoms with Crippen LogP contribution in [0.5, 0.6) is 0 Å². The molecule has 5 heteroatoms. The molecule has 1 N–H and O–H groups in total. The number of hydrogen-bond acceptors (Lipinski definition) is 3. The molecular weight excluding hydrogens is 248 g/mol. The zero-order valence-electron chi connectivity index (χ0n) is 7.95. The van der Waals surface area contributed by atoms with Gasteiger partial charge in [0, 0.05) is 11.8 Å². The number of carbonyl (C=O) groups excluding carboxylic acids is 1. The monoisotopic (exact) mass is 258 g/mol. The van der Waals surface area contributed by atoms with Gasteiger partial charge < -0.3 is 0 Å². The van der Waals surface area contributed by atoms with E-state index < -0.39 is 0 Å². The fourth-order valence-corrected chi connectivity index (χ4v) is 1.14. The molecule has 0 bridgehead atoms. The van der Waals surface area contributed by atoms with Gasteiger partial charge in [-0.3, -0.25) is 9.63 Å². The highest BCUT2D eigenvalue weighted by Crippen LogP contribution is 2.07. The smallest absolute Gasteiger partial charge is 0.271 e. The summed E-state index contributed by atoms with van der Waals surface area (Å²) < 4.78 is 0.620. The standard InChI is InChI=1S/C9H11BrN2O2/c1-6(2)14-12-9(13)7-3-4-11-8(10)5-7/h3-6H,1-2H3,(H,12,13). The van der Waals surface area contributed by atoms with Crippen LogP contribution in [0, 0.1) is 0 Å². The van der Waals surface area contributed by atoms with Gasteiger partial charge in [-0.1, -0.05) is 0 Å². The number of halogens is 1. The van der Waals surface area contributed by atoms with Gasteiger partial charge >= 0.3 is 0 Å². The predicted molar refractivity (Wildman–Crippen MR) is 55.6 cm³/mol. The molecule has 1 heterocycles. The van der Waals surface area contributed by atoms with E-state index in [-0.39, 0.29) is 12.0 Å². The summed E-state index contributed by atoms with van der Waals surface area (Å²) in [6.45, 7) is 3.67. The Balaban J connectivity index is 2.61. The van der Waals surface area contributed by atoms with Crippen molar-refractivity contribution in [3.63, 3.8) is 0 Å². The second-order valence-electron chi connectivity index (χ2n) is 2.97. The number of hydrogen-bond donors (Lipinski definition) is 1. The van der Waals surface area contributed by atoms with Gasteiger partial charge in [-0.15, -0.1) is 0 Å².